The molecule has 0 atom stereocenters. The molecule has 2 amide bonds. The fraction of sp³-hybridized carbons (Fsp3) is 0.667. The molecule has 48 valence electrons. The molecule has 0 saturated heterocycles. The number of hydrogen-bond acceptors (Lipinski definition) is 3. The second-order valence-electron chi connectivity index (χ2n) is 1.47. The Bertz CT molecular complexity index is 80.5. The highest BCUT2D eigenvalue weighted by molar-refractivity contribution is 5.71. The van der Waals surface area contributed by atoms with Crippen molar-refractivity contribution in [2.75, 3.05) is 14.1 Å². The molecule has 5 nitrogen and oxygen atoms in total. The maximum Gasteiger partial charge on any atom is 0.368 e. The number of nitrogens with zero attached hydrogens (tertiary/aromatic N) is 2. The first-order chi connectivity index (χ1) is 3.55. The van der Waals surface area contributed by atoms with Gasteiger partial charge in [0.25, 0.3) is 0 Å². The van der Waals surface area contributed by atoms with Crippen LogP contribution in [-0.4, -0.2) is 40.7 Å². The molecule has 2 N–H and O–H groups in total. The Balaban J connectivity index is 3.65. The minimum atomic E-state index is -0.870. The predicted octanol–water partition coefficient (Wildman–Crippen LogP) is -0.252. The molecule has 0 unspecified atom stereocenters. The molecule has 0 fully saturated rings. The van der Waals surface area contributed by atoms with Crippen molar-refractivity contribution in [3.63, 3.8) is 0 Å². The average Bonchev–Trinajstić information content (AvgIpc) is 1.64. The molecule has 0 saturated carbocycles. The van der Waals surface area contributed by atoms with Gasteiger partial charge in [-0.3, -0.25) is 10.4 Å². The second-order valence-corrected chi connectivity index (χ2v) is 1.47. The molecule has 0 spiro atoms. The van der Waals surface area contributed by atoms with Gasteiger partial charge in [0.1, 0.15) is 0 Å². The third kappa shape index (κ3) is 1.76. The molecule has 0 radical (unpaired) electrons. The highest BCUT2D eigenvalue weighted by Gasteiger charge is 2.07. The summed E-state index contributed by atoms with van der Waals surface area (Å²) in [5.41, 5.74) is 0. The molecule has 5 heteroatoms. The predicted molar refractivity (Wildman–Crippen MR) is 24.5 cm³/mol. The number of rotatable bonds is 0. The Morgan fingerprint density at radius 3 is 1.75 bits per heavy atom. The van der Waals surface area contributed by atoms with E-state index in [9.17, 15) is 4.79 Å². The Hall–Kier alpha value is -0.810. The third-order valence-corrected chi connectivity index (χ3v) is 0.554. The van der Waals surface area contributed by atoms with Crippen LogP contribution in [0.1, 0.15) is 0 Å². The van der Waals surface area contributed by atoms with Crippen molar-refractivity contribution in [3.8, 4) is 0 Å². The number of carbonyl (C=O) groups is 1. The minimum absolute atomic E-state index is 0.472. The quantitative estimate of drug-likeness (QED) is 0.342. The van der Waals surface area contributed by atoms with Gasteiger partial charge in [-0.05, 0) is 0 Å². The van der Waals surface area contributed by atoms with E-state index in [-0.39, 0.29) is 0 Å². The van der Waals surface area contributed by atoms with Gasteiger partial charge in [0.15, 0.2) is 0 Å². The summed E-state index contributed by atoms with van der Waals surface area (Å²) in [7, 11) is 2.81. The van der Waals surface area contributed by atoms with Crippen molar-refractivity contribution in [1.29, 1.82) is 0 Å². The molecular weight excluding hydrogens is 112 g/mol. The van der Waals surface area contributed by atoms with Gasteiger partial charge in [-0.15, -0.1) is 0 Å². The minimum Gasteiger partial charge on any atom is -0.327 e. The molecule has 8 heavy (non-hydrogen) atoms. The van der Waals surface area contributed by atoms with Crippen molar-refractivity contribution >= 4 is 6.03 Å². The van der Waals surface area contributed by atoms with Crippen molar-refractivity contribution in [2.45, 2.75) is 0 Å². The lowest BCUT2D eigenvalue weighted by molar-refractivity contribution is -0.263. The van der Waals surface area contributed by atoms with Gasteiger partial charge in [-0.1, -0.05) is 5.23 Å². The Morgan fingerprint density at radius 2 is 1.75 bits per heavy atom. The fourth-order valence-electron chi connectivity index (χ4n) is 0.179. The van der Waals surface area contributed by atoms with E-state index in [0.29, 0.717) is 0 Å². The summed E-state index contributed by atoms with van der Waals surface area (Å²) < 4.78 is 0. The molecule has 0 aromatic carbocycles. The molecule has 0 aliphatic rings. The second kappa shape index (κ2) is 2.49. The molecule has 0 rings (SSSR count). The highest BCUT2D eigenvalue weighted by atomic mass is 16.8. The molecule has 0 aliphatic heterocycles. The van der Waals surface area contributed by atoms with Crippen molar-refractivity contribution in [3.05, 3.63) is 0 Å². The van der Waals surface area contributed by atoms with Crippen molar-refractivity contribution in [1.82, 2.24) is 10.1 Å². The summed E-state index contributed by atoms with van der Waals surface area (Å²) in [4.78, 5) is 11.2. The lowest BCUT2D eigenvalue weighted by atomic mass is 10.9. The molecule has 0 heterocycles. The number of hydrogen-bond donors (Lipinski definition) is 2. The number of carbonyl (C=O) groups excluding carboxylic acids is 1. The maximum atomic E-state index is 10.2. The van der Waals surface area contributed by atoms with Crippen LogP contribution in [0, 0.1) is 0 Å². The topological polar surface area (TPSA) is 64.0 Å². The van der Waals surface area contributed by atoms with Gasteiger partial charge in [-0.2, -0.15) is 0 Å². The van der Waals surface area contributed by atoms with Gasteiger partial charge >= 0.3 is 6.03 Å². The zero-order valence-corrected chi connectivity index (χ0v) is 4.70. The van der Waals surface area contributed by atoms with Gasteiger partial charge in [0, 0.05) is 14.1 Å². The Kier molecular flexibility index (Phi) is 2.23. The van der Waals surface area contributed by atoms with Crippen LogP contribution >= 0.6 is 0 Å². The van der Waals surface area contributed by atoms with Gasteiger partial charge in [0.2, 0.25) is 0 Å². The Morgan fingerprint density at radius 1 is 1.38 bits per heavy atom. The van der Waals surface area contributed by atoms with E-state index in [0.717, 1.165) is 4.90 Å². The molecule has 0 aliphatic carbocycles. The number of hydroxylamine groups is 2. The van der Waals surface area contributed by atoms with E-state index >= 15 is 0 Å². The number of urea groups is 1. The van der Waals surface area contributed by atoms with E-state index in [4.69, 9.17) is 10.4 Å². The summed E-state index contributed by atoms with van der Waals surface area (Å²) in [6.07, 6.45) is 0. The van der Waals surface area contributed by atoms with Crippen LogP contribution in [0.5, 0.6) is 0 Å². The molecule has 0 aromatic rings. The first-order valence-corrected chi connectivity index (χ1v) is 1.95. The van der Waals surface area contributed by atoms with E-state index in [1.165, 1.54) is 14.1 Å². The summed E-state index contributed by atoms with van der Waals surface area (Å²) >= 11 is 0. The summed E-state index contributed by atoms with van der Waals surface area (Å²) in [6, 6.07) is -0.870. The van der Waals surface area contributed by atoms with Crippen LogP contribution < -0.4 is 0 Å². The van der Waals surface area contributed by atoms with Crippen LogP contribution in [0.25, 0.3) is 0 Å². The van der Waals surface area contributed by atoms with Crippen molar-refractivity contribution < 1.29 is 15.2 Å². The zero-order chi connectivity index (χ0) is 6.73. The summed E-state index contributed by atoms with van der Waals surface area (Å²) in [5.74, 6) is 0. The highest BCUT2D eigenvalue weighted by Crippen LogP contribution is 1.82. The molecule has 0 aromatic heterocycles. The largest absolute Gasteiger partial charge is 0.368 e. The van der Waals surface area contributed by atoms with Crippen LogP contribution in [0.15, 0.2) is 0 Å². The lowest BCUT2D eigenvalue weighted by Gasteiger charge is -2.11. The summed E-state index contributed by atoms with van der Waals surface area (Å²) in [6.45, 7) is 0. The van der Waals surface area contributed by atoms with Crippen LogP contribution in [-0.2, 0) is 0 Å². The Labute approximate surface area is 46.6 Å². The van der Waals surface area contributed by atoms with Gasteiger partial charge in [0.05, 0.1) is 0 Å². The van der Waals surface area contributed by atoms with Crippen LogP contribution in [0.2, 0.25) is 0 Å². The van der Waals surface area contributed by atoms with Crippen molar-refractivity contribution in [2.24, 2.45) is 0 Å². The monoisotopic (exact) mass is 120 g/mol. The van der Waals surface area contributed by atoms with Crippen LogP contribution in [0.3, 0.4) is 0 Å². The molecule has 0 bridgehead atoms. The number of amides is 2. The normalized spacial score (nSPS) is 8.50. The van der Waals surface area contributed by atoms with E-state index in [1.807, 2.05) is 0 Å². The third-order valence-electron chi connectivity index (χ3n) is 0.554. The first kappa shape index (κ1) is 7.19. The van der Waals surface area contributed by atoms with Gasteiger partial charge in [-0.25, -0.2) is 4.79 Å². The SMILES string of the molecule is CN(C)C(=O)N(O)O. The smallest absolute Gasteiger partial charge is 0.327 e. The average molecular weight is 120 g/mol. The van der Waals surface area contributed by atoms with Gasteiger partial charge < -0.3 is 4.90 Å². The molecular formula is C3H8N2O3. The van der Waals surface area contributed by atoms with E-state index < -0.39 is 11.3 Å². The fourth-order valence-corrected chi connectivity index (χ4v) is 0.179. The van der Waals surface area contributed by atoms with E-state index in [1.54, 1.807) is 0 Å². The summed E-state index contributed by atoms with van der Waals surface area (Å²) in [5, 5.41) is 15.5. The standard InChI is InChI=1S/C3H8N2O3/c1-4(2)3(6)5(7)8/h7-8H,1-2H3. The zero-order valence-electron chi connectivity index (χ0n) is 4.70. The first-order valence-electron chi connectivity index (χ1n) is 1.95. The van der Waals surface area contributed by atoms with E-state index in [2.05, 4.69) is 0 Å². The maximum absolute atomic E-state index is 10.2. The van der Waals surface area contributed by atoms with Crippen LogP contribution in [0.4, 0.5) is 4.79 Å². The lowest BCUT2D eigenvalue weighted by Crippen LogP contribution is -2.34.